The molecule has 0 saturated carbocycles. The number of aromatic amines is 1. The highest BCUT2D eigenvalue weighted by Gasteiger charge is 2.26. The summed E-state index contributed by atoms with van der Waals surface area (Å²) in [7, 11) is 0. The lowest BCUT2D eigenvalue weighted by Gasteiger charge is -2.13. The fraction of sp³-hybridized carbons (Fsp3) is 0.250. The van der Waals surface area contributed by atoms with Gasteiger partial charge in [0.2, 0.25) is 0 Å². The van der Waals surface area contributed by atoms with E-state index < -0.39 is 5.92 Å². The van der Waals surface area contributed by atoms with Gasteiger partial charge in [0.15, 0.2) is 0 Å². The van der Waals surface area contributed by atoms with Crippen molar-refractivity contribution in [1.82, 2.24) is 15.2 Å². The molecule has 1 atom stereocenters. The maximum atomic E-state index is 12.0. The third kappa shape index (κ3) is 2.68. The minimum absolute atomic E-state index is 0.317. The number of halogens is 1. The van der Waals surface area contributed by atoms with Gasteiger partial charge < -0.3 is 4.74 Å². The Bertz CT molecular complexity index is 511. The van der Waals surface area contributed by atoms with Crippen molar-refractivity contribution in [3.05, 3.63) is 47.0 Å². The zero-order chi connectivity index (χ0) is 13.0. The molecule has 0 aliphatic rings. The normalized spacial score (nSPS) is 12.1. The first-order valence-corrected chi connectivity index (χ1v) is 5.87. The van der Waals surface area contributed by atoms with Crippen LogP contribution in [0.15, 0.2) is 30.6 Å². The second kappa shape index (κ2) is 5.64. The van der Waals surface area contributed by atoms with Gasteiger partial charge in [-0.3, -0.25) is 9.89 Å². The van der Waals surface area contributed by atoms with E-state index in [1.54, 1.807) is 31.2 Å². The number of carbonyl (C=O) groups is 1. The van der Waals surface area contributed by atoms with Crippen LogP contribution in [0.25, 0.3) is 0 Å². The summed E-state index contributed by atoms with van der Waals surface area (Å²) in [6.07, 6.45) is 1.36. The Kier molecular flexibility index (Phi) is 3.94. The lowest BCUT2D eigenvalue weighted by molar-refractivity contribution is -0.144. The Hall–Kier alpha value is -1.88. The minimum Gasteiger partial charge on any atom is -0.465 e. The van der Waals surface area contributed by atoms with Crippen molar-refractivity contribution >= 4 is 17.6 Å². The fourth-order valence-electron chi connectivity index (χ4n) is 1.64. The third-order valence-electron chi connectivity index (χ3n) is 2.43. The number of ether oxygens (including phenoxy) is 1. The van der Waals surface area contributed by atoms with Crippen molar-refractivity contribution < 1.29 is 9.53 Å². The van der Waals surface area contributed by atoms with Crippen LogP contribution in [0.1, 0.15) is 24.2 Å². The molecule has 6 heteroatoms. The number of benzene rings is 1. The molecule has 1 aromatic heterocycles. The summed E-state index contributed by atoms with van der Waals surface area (Å²) >= 11 is 5.83. The lowest BCUT2D eigenvalue weighted by atomic mass is 9.98. The minimum atomic E-state index is -0.607. The van der Waals surface area contributed by atoms with Gasteiger partial charge in [-0.05, 0) is 24.6 Å². The molecule has 1 unspecified atom stereocenters. The molecule has 5 nitrogen and oxygen atoms in total. The van der Waals surface area contributed by atoms with E-state index in [1.165, 1.54) is 6.33 Å². The molecular weight excluding hydrogens is 254 g/mol. The van der Waals surface area contributed by atoms with E-state index in [4.69, 9.17) is 16.3 Å². The van der Waals surface area contributed by atoms with E-state index in [0.717, 1.165) is 5.56 Å². The molecule has 2 rings (SSSR count). The van der Waals surface area contributed by atoms with Crippen molar-refractivity contribution in [2.45, 2.75) is 12.8 Å². The third-order valence-corrected chi connectivity index (χ3v) is 2.68. The zero-order valence-corrected chi connectivity index (χ0v) is 10.5. The fourth-order valence-corrected chi connectivity index (χ4v) is 1.77. The number of hydrogen-bond donors (Lipinski definition) is 1. The molecule has 0 fully saturated rings. The average Bonchev–Trinajstić information content (AvgIpc) is 2.86. The van der Waals surface area contributed by atoms with E-state index >= 15 is 0 Å². The van der Waals surface area contributed by atoms with Crippen LogP contribution < -0.4 is 0 Å². The Morgan fingerprint density at radius 2 is 2.17 bits per heavy atom. The van der Waals surface area contributed by atoms with Gasteiger partial charge in [-0.2, -0.15) is 5.10 Å². The smallest absolute Gasteiger partial charge is 0.321 e. The number of esters is 1. The van der Waals surface area contributed by atoms with Crippen molar-refractivity contribution in [3.63, 3.8) is 0 Å². The maximum absolute atomic E-state index is 12.0. The molecule has 2 aromatic rings. The van der Waals surface area contributed by atoms with E-state index in [2.05, 4.69) is 15.2 Å². The van der Waals surface area contributed by atoms with E-state index in [-0.39, 0.29) is 5.97 Å². The highest BCUT2D eigenvalue weighted by atomic mass is 35.5. The molecule has 18 heavy (non-hydrogen) atoms. The summed E-state index contributed by atoms with van der Waals surface area (Å²) in [6, 6.07) is 6.98. The molecule has 1 aromatic carbocycles. The first-order chi connectivity index (χ1) is 8.72. The number of H-pyrrole nitrogens is 1. The summed E-state index contributed by atoms with van der Waals surface area (Å²) in [5, 5.41) is 7.06. The van der Waals surface area contributed by atoms with Gasteiger partial charge in [0, 0.05) is 5.02 Å². The number of nitrogens with one attached hydrogen (secondary N) is 1. The standard InChI is InChI=1S/C12H12ClN3O2/c1-2-18-12(17)10(11-14-7-15-16-11)8-3-5-9(13)6-4-8/h3-7,10H,2H2,1H3,(H,14,15,16). The number of rotatable bonds is 4. The molecule has 0 amide bonds. The molecule has 0 saturated heterocycles. The number of nitrogens with zero attached hydrogens (tertiary/aromatic N) is 2. The Morgan fingerprint density at radius 1 is 1.44 bits per heavy atom. The van der Waals surface area contributed by atoms with Crippen LogP contribution in [0.4, 0.5) is 0 Å². The summed E-state index contributed by atoms with van der Waals surface area (Å²) in [5.41, 5.74) is 0.759. The van der Waals surface area contributed by atoms with Gasteiger partial charge in [0.25, 0.3) is 0 Å². The van der Waals surface area contributed by atoms with Crippen molar-refractivity contribution in [2.24, 2.45) is 0 Å². The van der Waals surface area contributed by atoms with Gasteiger partial charge in [0.05, 0.1) is 6.61 Å². The molecule has 0 radical (unpaired) electrons. The van der Waals surface area contributed by atoms with Crippen LogP contribution in [0.2, 0.25) is 5.02 Å². The lowest BCUT2D eigenvalue weighted by Crippen LogP contribution is -2.18. The summed E-state index contributed by atoms with van der Waals surface area (Å²) in [6.45, 7) is 2.08. The van der Waals surface area contributed by atoms with Crippen molar-refractivity contribution in [3.8, 4) is 0 Å². The topological polar surface area (TPSA) is 67.9 Å². The van der Waals surface area contributed by atoms with Gasteiger partial charge in [-0.1, -0.05) is 23.7 Å². The van der Waals surface area contributed by atoms with E-state index in [0.29, 0.717) is 17.5 Å². The number of carbonyl (C=O) groups excluding carboxylic acids is 1. The maximum Gasteiger partial charge on any atom is 0.321 e. The van der Waals surface area contributed by atoms with Gasteiger partial charge in [-0.15, -0.1) is 0 Å². The van der Waals surface area contributed by atoms with Crippen LogP contribution >= 0.6 is 11.6 Å². The van der Waals surface area contributed by atoms with Crippen LogP contribution in [0.3, 0.4) is 0 Å². The summed E-state index contributed by atoms with van der Waals surface area (Å²) in [5.74, 6) is -0.517. The van der Waals surface area contributed by atoms with Crippen LogP contribution in [-0.4, -0.2) is 27.8 Å². The van der Waals surface area contributed by atoms with Crippen molar-refractivity contribution in [2.75, 3.05) is 6.61 Å². The monoisotopic (exact) mass is 265 g/mol. The van der Waals surface area contributed by atoms with Gasteiger partial charge in [-0.25, -0.2) is 4.98 Å². The zero-order valence-electron chi connectivity index (χ0n) is 9.76. The SMILES string of the molecule is CCOC(=O)C(c1ccc(Cl)cc1)c1ncn[nH]1. The predicted molar refractivity (Wildman–Crippen MR) is 66.3 cm³/mol. The second-order valence-electron chi connectivity index (χ2n) is 3.61. The van der Waals surface area contributed by atoms with E-state index in [9.17, 15) is 4.79 Å². The highest BCUT2D eigenvalue weighted by molar-refractivity contribution is 6.30. The van der Waals surface area contributed by atoms with E-state index in [1.807, 2.05) is 0 Å². The average molecular weight is 266 g/mol. The molecular formula is C12H12ClN3O2. The predicted octanol–water partition coefficient (Wildman–Crippen LogP) is 2.15. The molecule has 1 heterocycles. The number of hydrogen-bond acceptors (Lipinski definition) is 4. The first-order valence-electron chi connectivity index (χ1n) is 5.49. The largest absolute Gasteiger partial charge is 0.465 e. The molecule has 0 aliphatic heterocycles. The second-order valence-corrected chi connectivity index (χ2v) is 4.04. The quantitative estimate of drug-likeness (QED) is 0.860. The molecule has 94 valence electrons. The Labute approximate surface area is 109 Å². The van der Waals surface area contributed by atoms with Gasteiger partial charge >= 0.3 is 5.97 Å². The van der Waals surface area contributed by atoms with Crippen LogP contribution in [-0.2, 0) is 9.53 Å². The van der Waals surface area contributed by atoms with Gasteiger partial charge in [0.1, 0.15) is 18.1 Å². The highest BCUT2D eigenvalue weighted by Crippen LogP contribution is 2.24. The molecule has 0 bridgehead atoms. The Morgan fingerprint density at radius 3 is 2.72 bits per heavy atom. The molecule has 0 aliphatic carbocycles. The van der Waals surface area contributed by atoms with Crippen LogP contribution in [0.5, 0.6) is 0 Å². The van der Waals surface area contributed by atoms with Crippen LogP contribution in [0, 0.1) is 0 Å². The Balaban J connectivity index is 2.36. The summed E-state index contributed by atoms with van der Waals surface area (Å²) in [4.78, 5) is 16.0. The summed E-state index contributed by atoms with van der Waals surface area (Å²) < 4.78 is 5.05. The first kappa shape index (κ1) is 12.6. The molecule has 1 N–H and O–H groups in total. The number of aromatic nitrogens is 3. The van der Waals surface area contributed by atoms with Crippen molar-refractivity contribution in [1.29, 1.82) is 0 Å². The molecule has 0 spiro atoms.